The molecule has 6 heteroatoms. The van der Waals surface area contributed by atoms with Gasteiger partial charge in [0.15, 0.2) is 0 Å². The van der Waals surface area contributed by atoms with Crippen molar-refractivity contribution >= 4 is 14.6 Å². The van der Waals surface area contributed by atoms with E-state index in [-0.39, 0.29) is 17.4 Å². The minimum absolute atomic E-state index is 0.0720. The number of hydrogen-bond acceptors (Lipinski definition) is 2. The summed E-state index contributed by atoms with van der Waals surface area (Å²) in [4.78, 5) is 0. The van der Waals surface area contributed by atoms with E-state index in [4.69, 9.17) is 4.43 Å². The van der Waals surface area contributed by atoms with Gasteiger partial charge in [-0.05, 0) is 127 Å². The topological polar surface area (TPSA) is 29.5 Å². The fourth-order valence-electron chi connectivity index (χ4n) is 8.39. The molecule has 0 saturated heterocycles. The Labute approximate surface area is 239 Å². The van der Waals surface area contributed by atoms with Gasteiger partial charge in [0.2, 0.25) is 9.04 Å². The molecule has 4 aliphatic rings. The largest absolute Gasteiger partial charge is 0.547 e. The van der Waals surface area contributed by atoms with Crippen molar-refractivity contribution in [3.05, 3.63) is 70.3 Å². The summed E-state index contributed by atoms with van der Waals surface area (Å²) in [7, 11) is -1.41. The Balaban J connectivity index is 1.49. The average molecular weight is 571 g/mol. The lowest BCUT2D eigenvalue weighted by Crippen LogP contribution is -2.49. The quantitative estimate of drug-likeness (QED) is 0.321. The maximum atomic E-state index is 13.3. The standard InChI is InChI=1S/C34H45F3O2Si/c1-32(2,3)30-29(33-18-22-14-23(19-33)16-24(15-22)20-33)13-12-25(31(30)39-40(4)5)8-6-10-27(21-38)26-9-7-11-28(17-26)34(35,36)37/h7,9-13,17,22-24,38,40H,6,8,14-16,18-21H2,1-5H3. The lowest BCUT2D eigenvalue weighted by atomic mass is 9.47. The Morgan fingerprint density at radius 1 is 1.00 bits per heavy atom. The van der Waals surface area contributed by atoms with E-state index in [0.717, 1.165) is 41.2 Å². The molecule has 0 heterocycles. The number of aliphatic hydroxyl groups is 1. The van der Waals surface area contributed by atoms with Crippen LogP contribution in [-0.4, -0.2) is 20.8 Å². The van der Waals surface area contributed by atoms with Gasteiger partial charge < -0.3 is 9.53 Å². The van der Waals surface area contributed by atoms with Crippen molar-refractivity contribution in [3.63, 3.8) is 0 Å². The van der Waals surface area contributed by atoms with Gasteiger partial charge >= 0.3 is 6.18 Å². The molecule has 0 radical (unpaired) electrons. The third-order valence-corrected chi connectivity index (χ3v) is 10.2. The van der Waals surface area contributed by atoms with Crippen LogP contribution < -0.4 is 4.43 Å². The predicted octanol–water partition coefficient (Wildman–Crippen LogP) is 8.84. The van der Waals surface area contributed by atoms with Gasteiger partial charge in [-0.15, -0.1) is 0 Å². The molecule has 40 heavy (non-hydrogen) atoms. The second-order valence-electron chi connectivity index (χ2n) is 14.1. The molecule has 6 rings (SSSR count). The molecule has 0 aromatic heterocycles. The van der Waals surface area contributed by atoms with Crippen LogP contribution in [0.2, 0.25) is 13.1 Å². The van der Waals surface area contributed by atoms with Gasteiger partial charge in [-0.25, -0.2) is 0 Å². The summed E-state index contributed by atoms with van der Waals surface area (Å²) in [6, 6.07) is 9.90. The van der Waals surface area contributed by atoms with Crippen molar-refractivity contribution in [3.8, 4) is 5.75 Å². The van der Waals surface area contributed by atoms with Crippen LogP contribution in [0.1, 0.15) is 93.5 Å². The number of halogens is 3. The third kappa shape index (κ3) is 5.94. The van der Waals surface area contributed by atoms with Gasteiger partial charge in [-0.3, -0.25) is 0 Å². The van der Waals surface area contributed by atoms with Crippen molar-refractivity contribution in [2.24, 2.45) is 17.8 Å². The van der Waals surface area contributed by atoms with E-state index in [2.05, 4.69) is 46.0 Å². The predicted molar refractivity (Wildman–Crippen MR) is 159 cm³/mol. The van der Waals surface area contributed by atoms with Gasteiger partial charge in [0.25, 0.3) is 0 Å². The molecule has 218 valence electrons. The number of alkyl halides is 3. The first-order chi connectivity index (χ1) is 18.8. The Hall–Kier alpha value is -2.05. The second-order valence-corrected chi connectivity index (χ2v) is 16.4. The maximum Gasteiger partial charge on any atom is 0.416 e. The first kappa shape index (κ1) is 29.4. The van der Waals surface area contributed by atoms with Crippen LogP contribution in [0, 0.1) is 17.8 Å². The van der Waals surface area contributed by atoms with Crippen LogP contribution in [0.3, 0.4) is 0 Å². The van der Waals surface area contributed by atoms with Gasteiger partial charge in [-0.1, -0.05) is 51.1 Å². The second kappa shape index (κ2) is 11.0. The summed E-state index contributed by atoms with van der Waals surface area (Å²) in [5, 5.41) is 10.0. The highest BCUT2D eigenvalue weighted by atomic mass is 28.3. The lowest BCUT2D eigenvalue weighted by molar-refractivity contribution is -0.137. The highest BCUT2D eigenvalue weighted by Gasteiger charge is 2.53. The van der Waals surface area contributed by atoms with E-state index in [0.29, 0.717) is 24.0 Å². The zero-order valence-electron chi connectivity index (χ0n) is 24.7. The molecule has 0 spiro atoms. The third-order valence-electron chi connectivity index (χ3n) is 9.49. The Bertz CT molecular complexity index is 1220. The normalized spacial score (nSPS) is 26.6. The first-order valence-electron chi connectivity index (χ1n) is 15.1. The van der Waals surface area contributed by atoms with E-state index in [1.165, 1.54) is 55.7 Å². The average Bonchev–Trinajstić information content (AvgIpc) is 2.85. The summed E-state index contributed by atoms with van der Waals surface area (Å²) in [5.41, 5.74) is 4.48. The molecule has 2 aromatic carbocycles. The fourth-order valence-corrected chi connectivity index (χ4v) is 9.13. The lowest BCUT2D eigenvalue weighted by Gasteiger charge is -2.58. The summed E-state index contributed by atoms with van der Waals surface area (Å²) in [6.45, 7) is 11.0. The molecule has 0 aliphatic heterocycles. The minimum Gasteiger partial charge on any atom is -0.547 e. The van der Waals surface area contributed by atoms with E-state index in [1.54, 1.807) is 6.07 Å². The first-order valence-corrected chi connectivity index (χ1v) is 17.9. The number of aryl methyl sites for hydroxylation is 1. The molecule has 0 amide bonds. The molecule has 0 unspecified atom stereocenters. The molecular formula is C34H45F3O2Si. The molecule has 1 N–H and O–H groups in total. The van der Waals surface area contributed by atoms with Gasteiger partial charge in [0, 0.05) is 5.56 Å². The van der Waals surface area contributed by atoms with Crippen molar-refractivity contribution in [2.75, 3.05) is 6.61 Å². The molecule has 4 saturated carbocycles. The zero-order valence-corrected chi connectivity index (χ0v) is 25.9. The molecule has 4 aliphatic carbocycles. The SMILES string of the molecule is C[SiH](C)Oc1c(CCC=C(CO)c2cccc(C(F)(F)F)c2)ccc(C23CC4CC(CC(C4)C2)C3)c1C(C)(C)C. The summed E-state index contributed by atoms with van der Waals surface area (Å²) in [6.07, 6.45) is 6.95. The summed E-state index contributed by atoms with van der Waals surface area (Å²) >= 11 is 0. The van der Waals surface area contributed by atoms with Crippen LogP contribution >= 0.6 is 0 Å². The molecule has 4 fully saturated rings. The Morgan fingerprint density at radius 3 is 2.15 bits per heavy atom. The van der Waals surface area contributed by atoms with Gasteiger partial charge in [0.05, 0.1) is 12.2 Å². The molecule has 4 bridgehead atoms. The number of benzene rings is 2. The highest BCUT2D eigenvalue weighted by Crippen LogP contribution is 2.62. The highest BCUT2D eigenvalue weighted by molar-refractivity contribution is 6.49. The van der Waals surface area contributed by atoms with Crippen molar-refractivity contribution in [1.29, 1.82) is 0 Å². The van der Waals surface area contributed by atoms with Crippen LogP contribution in [0.4, 0.5) is 13.2 Å². The zero-order chi connectivity index (χ0) is 28.9. The monoisotopic (exact) mass is 570 g/mol. The van der Waals surface area contributed by atoms with E-state index < -0.39 is 20.8 Å². The fraction of sp³-hybridized carbons (Fsp3) is 0.588. The molecule has 2 nitrogen and oxygen atoms in total. The minimum atomic E-state index is -4.41. The van der Waals surface area contributed by atoms with E-state index in [9.17, 15) is 18.3 Å². The summed E-state index contributed by atoms with van der Waals surface area (Å²) < 4.78 is 46.6. The van der Waals surface area contributed by atoms with Gasteiger partial charge in [-0.2, -0.15) is 13.2 Å². The number of rotatable bonds is 8. The molecular weight excluding hydrogens is 525 g/mol. The molecule has 0 atom stereocenters. The number of allylic oxidation sites excluding steroid dienone is 1. The summed E-state index contributed by atoms with van der Waals surface area (Å²) in [5.74, 6) is 3.64. The molecule has 2 aromatic rings. The van der Waals surface area contributed by atoms with Gasteiger partial charge in [0.1, 0.15) is 5.75 Å². The van der Waals surface area contributed by atoms with Crippen molar-refractivity contribution in [1.82, 2.24) is 0 Å². The number of hydrogen-bond donors (Lipinski definition) is 1. The Morgan fingerprint density at radius 2 is 1.62 bits per heavy atom. The van der Waals surface area contributed by atoms with Crippen molar-refractivity contribution in [2.45, 2.75) is 102 Å². The van der Waals surface area contributed by atoms with Crippen LogP contribution in [0.15, 0.2) is 42.5 Å². The Kier molecular flexibility index (Phi) is 8.08. The van der Waals surface area contributed by atoms with E-state index in [1.807, 2.05) is 6.08 Å². The van der Waals surface area contributed by atoms with Crippen molar-refractivity contribution < 1.29 is 22.7 Å². The van der Waals surface area contributed by atoms with E-state index >= 15 is 0 Å². The smallest absolute Gasteiger partial charge is 0.416 e. The van der Waals surface area contributed by atoms with Crippen LogP contribution in [0.5, 0.6) is 5.75 Å². The maximum absolute atomic E-state index is 13.3. The van der Waals surface area contributed by atoms with Crippen LogP contribution in [-0.2, 0) is 23.4 Å². The number of aliphatic hydroxyl groups excluding tert-OH is 1. The van der Waals surface area contributed by atoms with Crippen LogP contribution in [0.25, 0.3) is 5.57 Å².